The molecule has 1 amide bonds. The SMILES string of the molecule is C=C(/C=C(\C)N(C)CCCCOc1ccc(Cl)cc1C(=O)N1CCCCC1C(C=C(C)C)=NC)N1CC[C@H](N)C1. The summed E-state index contributed by atoms with van der Waals surface area (Å²) in [6, 6.07) is 5.53. The van der Waals surface area contributed by atoms with E-state index >= 15 is 0 Å². The second kappa shape index (κ2) is 15.3. The summed E-state index contributed by atoms with van der Waals surface area (Å²) in [5.74, 6) is 0.533. The number of carbonyl (C=O) groups is 1. The lowest BCUT2D eigenvalue weighted by Crippen LogP contribution is -2.47. The molecule has 0 bridgehead atoms. The third-order valence-electron chi connectivity index (χ3n) is 7.73. The molecule has 2 heterocycles. The summed E-state index contributed by atoms with van der Waals surface area (Å²) in [6.07, 6.45) is 10.0. The maximum Gasteiger partial charge on any atom is 0.258 e. The zero-order valence-electron chi connectivity index (χ0n) is 25.1. The topological polar surface area (TPSA) is 74.4 Å². The van der Waals surface area contributed by atoms with Gasteiger partial charge in [0, 0.05) is 62.7 Å². The van der Waals surface area contributed by atoms with Crippen molar-refractivity contribution < 1.29 is 9.53 Å². The first-order chi connectivity index (χ1) is 19.1. The van der Waals surface area contributed by atoms with Crippen LogP contribution in [0.3, 0.4) is 0 Å². The second-order valence-electron chi connectivity index (χ2n) is 11.3. The highest BCUT2D eigenvalue weighted by Gasteiger charge is 2.31. The van der Waals surface area contributed by atoms with E-state index in [1.165, 1.54) is 11.3 Å². The zero-order valence-corrected chi connectivity index (χ0v) is 25.8. The molecular weight excluding hydrogens is 522 g/mol. The maximum atomic E-state index is 13.8. The molecule has 7 nitrogen and oxygen atoms in total. The largest absolute Gasteiger partial charge is 0.493 e. The molecule has 8 heteroatoms. The Kier molecular flexibility index (Phi) is 12.1. The smallest absolute Gasteiger partial charge is 0.258 e. The molecule has 2 fully saturated rings. The first-order valence-electron chi connectivity index (χ1n) is 14.5. The van der Waals surface area contributed by atoms with E-state index in [2.05, 4.69) is 61.3 Å². The Morgan fingerprint density at radius 3 is 2.65 bits per heavy atom. The molecule has 1 aromatic carbocycles. The van der Waals surface area contributed by atoms with Gasteiger partial charge in [0.05, 0.1) is 23.9 Å². The van der Waals surface area contributed by atoms with E-state index in [-0.39, 0.29) is 18.0 Å². The fourth-order valence-corrected chi connectivity index (χ4v) is 5.51. The van der Waals surface area contributed by atoms with Crippen LogP contribution in [0.15, 0.2) is 58.9 Å². The highest BCUT2D eigenvalue weighted by Crippen LogP contribution is 2.29. The first kappa shape index (κ1) is 31.8. The van der Waals surface area contributed by atoms with Crippen LogP contribution in [0.5, 0.6) is 5.75 Å². The first-order valence-corrected chi connectivity index (χ1v) is 14.9. The Morgan fingerprint density at radius 1 is 1.20 bits per heavy atom. The molecule has 2 aliphatic rings. The number of likely N-dealkylation sites (tertiary alicyclic amines) is 2. The lowest BCUT2D eigenvalue weighted by atomic mass is 9.95. The van der Waals surface area contributed by atoms with Gasteiger partial charge in [0.2, 0.25) is 0 Å². The summed E-state index contributed by atoms with van der Waals surface area (Å²) in [4.78, 5) is 24.8. The predicted octanol–water partition coefficient (Wildman–Crippen LogP) is 5.91. The van der Waals surface area contributed by atoms with Crippen LogP contribution in [0.25, 0.3) is 0 Å². The van der Waals surface area contributed by atoms with Gasteiger partial charge in [-0.2, -0.15) is 0 Å². The average Bonchev–Trinajstić information content (AvgIpc) is 3.38. The number of nitrogens with two attached hydrogens (primary N) is 1. The number of piperidine rings is 1. The molecule has 1 aromatic rings. The fourth-order valence-electron chi connectivity index (χ4n) is 5.34. The normalized spacial score (nSPS) is 20.0. The van der Waals surface area contributed by atoms with Gasteiger partial charge in [-0.15, -0.1) is 0 Å². The zero-order chi connectivity index (χ0) is 29.2. The molecule has 40 heavy (non-hydrogen) atoms. The highest BCUT2D eigenvalue weighted by atomic mass is 35.5. The van der Waals surface area contributed by atoms with Gasteiger partial charge in [-0.25, -0.2) is 0 Å². The minimum atomic E-state index is -0.0508. The van der Waals surface area contributed by atoms with Crippen molar-refractivity contribution in [1.82, 2.24) is 14.7 Å². The van der Waals surface area contributed by atoms with E-state index in [1.54, 1.807) is 19.2 Å². The Labute approximate surface area is 246 Å². The minimum absolute atomic E-state index is 0.0434. The standard InChI is InChI=1S/C32H48ClN5O2/c1-23(2)19-29(35-5)30-11-7-8-16-38(30)32(39)28-21-26(33)12-13-31(28)40-18-10-9-15-36(6)24(3)20-25(4)37-17-14-27(34)22-37/h12-13,19-21,27,30H,4,7-11,14-18,22,34H2,1-3,5-6H3/b24-20+,35-29?/t27-,30?/m0/s1. The number of carbonyl (C=O) groups excluding carboxylic acids is 1. The van der Waals surface area contributed by atoms with Crippen molar-refractivity contribution in [3.8, 4) is 5.75 Å². The highest BCUT2D eigenvalue weighted by molar-refractivity contribution is 6.31. The van der Waals surface area contributed by atoms with Gasteiger partial charge in [-0.3, -0.25) is 9.79 Å². The molecule has 0 spiro atoms. The lowest BCUT2D eigenvalue weighted by Gasteiger charge is -2.36. The molecule has 3 rings (SSSR count). The van der Waals surface area contributed by atoms with Gasteiger partial charge in [0.15, 0.2) is 0 Å². The number of amides is 1. The monoisotopic (exact) mass is 569 g/mol. The van der Waals surface area contributed by atoms with Crippen molar-refractivity contribution >= 4 is 23.2 Å². The molecule has 2 saturated heterocycles. The van der Waals surface area contributed by atoms with E-state index in [0.717, 1.165) is 69.6 Å². The predicted molar refractivity (Wildman–Crippen MR) is 167 cm³/mol. The summed E-state index contributed by atoms with van der Waals surface area (Å²) < 4.78 is 6.16. The van der Waals surface area contributed by atoms with Crippen LogP contribution in [-0.2, 0) is 0 Å². The van der Waals surface area contributed by atoms with E-state index in [0.29, 0.717) is 29.5 Å². The van der Waals surface area contributed by atoms with E-state index < -0.39 is 0 Å². The molecular formula is C32H48ClN5O2. The van der Waals surface area contributed by atoms with Crippen molar-refractivity contribution in [2.24, 2.45) is 10.7 Å². The van der Waals surface area contributed by atoms with E-state index in [1.807, 2.05) is 11.0 Å². The molecule has 0 aromatic heterocycles. The number of hydrogen-bond acceptors (Lipinski definition) is 6. The Morgan fingerprint density at radius 2 is 1.98 bits per heavy atom. The van der Waals surface area contributed by atoms with Crippen LogP contribution in [0.4, 0.5) is 0 Å². The Bertz CT molecular complexity index is 1120. The summed E-state index contributed by atoms with van der Waals surface area (Å²) in [7, 11) is 3.90. The Hall–Kier alpha value is -2.77. The van der Waals surface area contributed by atoms with Crippen molar-refractivity contribution in [2.45, 2.75) is 71.4 Å². The van der Waals surface area contributed by atoms with E-state index in [4.69, 9.17) is 22.1 Å². The lowest BCUT2D eigenvalue weighted by molar-refractivity contribution is 0.0676. The molecule has 0 aliphatic carbocycles. The van der Waals surface area contributed by atoms with Crippen LogP contribution in [0, 0.1) is 0 Å². The van der Waals surface area contributed by atoms with Crippen molar-refractivity contribution in [1.29, 1.82) is 0 Å². The summed E-state index contributed by atoms with van der Waals surface area (Å²) in [6.45, 7) is 14.4. The molecule has 0 radical (unpaired) electrons. The number of aliphatic imine (C=N–C) groups is 1. The average molecular weight is 570 g/mol. The second-order valence-corrected chi connectivity index (χ2v) is 11.7. The van der Waals surface area contributed by atoms with Crippen LogP contribution in [0.2, 0.25) is 5.02 Å². The molecule has 2 aliphatic heterocycles. The quantitative estimate of drug-likeness (QED) is 0.192. The van der Waals surface area contributed by atoms with Gasteiger partial charge in [0.1, 0.15) is 5.75 Å². The number of hydrogen-bond donors (Lipinski definition) is 1. The van der Waals surface area contributed by atoms with E-state index in [9.17, 15) is 4.79 Å². The third-order valence-corrected chi connectivity index (χ3v) is 7.96. The molecule has 1 unspecified atom stereocenters. The van der Waals surface area contributed by atoms with Gasteiger partial charge >= 0.3 is 0 Å². The van der Waals surface area contributed by atoms with Crippen molar-refractivity contribution in [2.75, 3.05) is 46.9 Å². The van der Waals surface area contributed by atoms with Crippen LogP contribution >= 0.6 is 11.6 Å². The number of rotatable bonds is 12. The van der Waals surface area contributed by atoms with Crippen molar-refractivity contribution in [3.63, 3.8) is 0 Å². The number of unbranched alkanes of at least 4 members (excludes halogenated alkanes) is 1. The number of halogens is 1. The van der Waals surface area contributed by atoms with Gasteiger partial charge in [0.25, 0.3) is 5.91 Å². The third kappa shape index (κ3) is 8.87. The van der Waals surface area contributed by atoms with Gasteiger partial charge in [-0.1, -0.05) is 23.8 Å². The van der Waals surface area contributed by atoms with Gasteiger partial charge < -0.3 is 25.2 Å². The molecule has 0 saturated carbocycles. The summed E-state index contributed by atoms with van der Waals surface area (Å²) in [5, 5.41) is 0.527. The maximum absolute atomic E-state index is 13.8. The Balaban J connectivity index is 1.57. The summed E-state index contributed by atoms with van der Waals surface area (Å²) in [5.41, 5.74) is 10.9. The number of allylic oxidation sites excluding steroid dienone is 3. The van der Waals surface area contributed by atoms with Crippen LogP contribution < -0.4 is 10.5 Å². The minimum Gasteiger partial charge on any atom is -0.493 e. The molecule has 2 atom stereocenters. The fraction of sp³-hybridized carbons (Fsp3) is 0.562. The number of benzene rings is 1. The van der Waals surface area contributed by atoms with Crippen LogP contribution in [-0.4, -0.2) is 85.3 Å². The van der Waals surface area contributed by atoms with Crippen LogP contribution in [0.1, 0.15) is 69.7 Å². The number of ether oxygens (including phenoxy) is 1. The van der Waals surface area contributed by atoms with Gasteiger partial charge in [-0.05, 0) is 89.6 Å². The summed E-state index contributed by atoms with van der Waals surface area (Å²) >= 11 is 6.34. The molecule has 220 valence electrons. The van der Waals surface area contributed by atoms with Crippen molar-refractivity contribution in [3.05, 3.63) is 64.5 Å². The molecule has 2 N–H and O–H groups in total. The number of nitrogens with zero attached hydrogens (tertiary/aromatic N) is 4.